The third-order valence-electron chi connectivity index (χ3n) is 3.29. The lowest BCUT2D eigenvalue weighted by molar-refractivity contribution is 0.174. The number of carbonyl (C=O) groups excluding carboxylic acids is 1. The highest BCUT2D eigenvalue weighted by atomic mass is 16.7. The molecular weight excluding hydrogens is 282 g/mol. The molecule has 22 heavy (non-hydrogen) atoms. The summed E-state index contributed by atoms with van der Waals surface area (Å²) in [6.07, 6.45) is 0. The lowest BCUT2D eigenvalue weighted by Gasteiger charge is -2.13. The van der Waals surface area contributed by atoms with Crippen LogP contribution in [0.5, 0.6) is 11.5 Å². The molecule has 0 aliphatic carbocycles. The lowest BCUT2D eigenvalue weighted by Crippen LogP contribution is -2.29. The number of amides is 2. The largest absolute Gasteiger partial charge is 0.454 e. The molecule has 1 aromatic carbocycles. The summed E-state index contributed by atoms with van der Waals surface area (Å²) in [5, 5.41) is 5.42. The zero-order chi connectivity index (χ0) is 15.8. The summed E-state index contributed by atoms with van der Waals surface area (Å²) in [4.78, 5) is 14.0. The van der Waals surface area contributed by atoms with Crippen LogP contribution >= 0.6 is 0 Å². The van der Waals surface area contributed by atoms with Crippen molar-refractivity contribution in [3.8, 4) is 23.3 Å². The van der Waals surface area contributed by atoms with Gasteiger partial charge in [0.1, 0.15) is 0 Å². The molecular formula is C16H21N3O3. The summed E-state index contributed by atoms with van der Waals surface area (Å²) < 4.78 is 10.5. The van der Waals surface area contributed by atoms with Crippen LogP contribution in [0.2, 0.25) is 0 Å². The van der Waals surface area contributed by atoms with E-state index in [4.69, 9.17) is 9.47 Å². The van der Waals surface area contributed by atoms with Crippen LogP contribution in [-0.4, -0.2) is 43.9 Å². The topological polar surface area (TPSA) is 62.8 Å². The maximum Gasteiger partial charge on any atom is 0.319 e. The van der Waals surface area contributed by atoms with Crippen LogP contribution in [0.15, 0.2) is 18.2 Å². The van der Waals surface area contributed by atoms with Crippen molar-refractivity contribution in [3.63, 3.8) is 0 Å². The van der Waals surface area contributed by atoms with Crippen LogP contribution in [0.1, 0.15) is 13.8 Å². The van der Waals surface area contributed by atoms with Crippen LogP contribution in [0, 0.1) is 11.8 Å². The number of ether oxygens (including phenoxy) is 2. The molecule has 1 aliphatic heterocycles. The minimum Gasteiger partial charge on any atom is -0.454 e. The molecule has 0 atom stereocenters. The van der Waals surface area contributed by atoms with Crippen molar-refractivity contribution in [2.45, 2.75) is 13.8 Å². The van der Waals surface area contributed by atoms with E-state index in [0.717, 1.165) is 19.6 Å². The molecule has 1 heterocycles. The second kappa shape index (κ2) is 8.15. The Morgan fingerprint density at radius 1 is 1.23 bits per heavy atom. The molecule has 0 radical (unpaired) electrons. The van der Waals surface area contributed by atoms with E-state index in [1.165, 1.54) is 0 Å². The number of fused-ring (bicyclic) bond motifs is 1. The van der Waals surface area contributed by atoms with E-state index in [1.807, 2.05) is 0 Å². The summed E-state index contributed by atoms with van der Waals surface area (Å²) in [5.41, 5.74) is 0.651. The monoisotopic (exact) mass is 303 g/mol. The molecule has 1 aliphatic rings. The zero-order valence-corrected chi connectivity index (χ0v) is 12.9. The fraction of sp³-hybridized carbons (Fsp3) is 0.438. The molecule has 2 amide bonds. The molecule has 6 heteroatoms. The van der Waals surface area contributed by atoms with Crippen molar-refractivity contribution in [2.24, 2.45) is 0 Å². The Labute approximate surface area is 130 Å². The van der Waals surface area contributed by atoms with Crippen LogP contribution in [0.3, 0.4) is 0 Å². The van der Waals surface area contributed by atoms with Crippen molar-refractivity contribution in [3.05, 3.63) is 18.2 Å². The van der Waals surface area contributed by atoms with Crippen molar-refractivity contribution >= 4 is 11.7 Å². The molecule has 0 fully saturated rings. The molecule has 1 aromatic rings. The van der Waals surface area contributed by atoms with Crippen molar-refractivity contribution < 1.29 is 14.3 Å². The summed E-state index contributed by atoms with van der Waals surface area (Å²) in [6, 6.07) is 4.96. The highest BCUT2D eigenvalue weighted by molar-refractivity contribution is 5.89. The Kier molecular flexibility index (Phi) is 5.92. The first kappa shape index (κ1) is 16.0. The van der Waals surface area contributed by atoms with Crippen LogP contribution in [0.4, 0.5) is 10.5 Å². The lowest BCUT2D eigenvalue weighted by atomic mass is 10.3. The molecule has 2 rings (SSSR count). The first-order valence-corrected chi connectivity index (χ1v) is 7.35. The number of benzene rings is 1. The van der Waals surface area contributed by atoms with Crippen LogP contribution < -0.4 is 20.1 Å². The molecule has 0 spiro atoms. The van der Waals surface area contributed by atoms with Crippen molar-refractivity contribution in [1.29, 1.82) is 0 Å². The maximum atomic E-state index is 11.7. The van der Waals surface area contributed by atoms with Gasteiger partial charge in [0, 0.05) is 11.8 Å². The second-order valence-corrected chi connectivity index (χ2v) is 4.69. The van der Waals surface area contributed by atoms with Gasteiger partial charge in [0.2, 0.25) is 6.79 Å². The summed E-state index contributed by atoms with van der Waals surface area (Å²) in [7, 11) is 0. The number of nitrogens with one attached hydrogen (secondary N) is 2. The fourth-order valence-electron chi connectivity index (χ4n) is 1.95. The molecule has 0 saturated carbocycles. The van der Waals surface area contributed by atoms with E-state index >= 15 is 0 Å². The number of nitrogens with zero attached hydrogens (tertiary/aromatic N) is 1. The molecule has 118 valence electrons. The quantitative estimate of drug-likeness (QED) is 0.815. The third kappa shape index (κ3) is 4.57. The second-order valence-electron chi connectivity index (χ2n) is 4.69. The Bertz CT molecular complexity index is 574. The number of hydrogen-bond donors (Lipinski definition) is 2. The highest BCUT2D eigenvalue weighted by Gasteiger charge is 2.13. The smallest absolute Gasteiger partial charge is 0.319 e. The van der Waals surface area contributed by atoms with Crippen molar-refractivity contribution in [1.82, 2.24) is 10.2 Å². The van der Waals surface area contributed by atoms with Crippen LogP contribution in [0.25, 0.3) is 0 Å². The number of rotatable bonds is 5. The van der Waals surface area contributed by atoms with Gasteiger partial charge >= 0.3 is 6.03 Å². The number of carbonyl (C=O) groups is 1. The van der Waals surface area contributed by atoms with Crippen LogP contribution in [-0.2, 0) is 0 Å². The van der Waals surface area contributed by atoms with E-state index in [9.17, 15) is 4.79 Å². The van der Waals surface area contributed by atoms with Gasteiger partial charge in [-0.2, -0.15) is 0 Å². The minimum absolute atomic E-state index is 0.215. The number of anilines is 1. The molecule has 0 saturated heterocycles. The number of hydrogen-bond acceptors (Lipinski definition) is 4. The Balaban J connectivity index is 1.73. The van der Waals surface area contributed by atoms with E-state index in [-0.39, 0.29) is 12.8 Å². The van der Waals surface area contributed by atoms with E-state index in [2.05, 4.69) is 41.2 Å². The molecule has 0 aromatic heterocycles. The first-order chi connectivity index (χ1) is 10.7. The summed E-state index contributed by atoms with van der Waals surface area (Å²) >= 11 is 0. The zero-order valence-electron chi connectivity index (χ0n) is 12.9. The third-order valence-corrected chi connectivity index (χ3v) is 3.29. The average molecular weight is 303 g/mol. The van der Waals surface area contributed by atoms with Gasteiger partial charge in [-0.3, -0.25) is 4.90 Å². The predicted molar refractivity (Wildman–Crippen MR) is 85.2 cm³/mol. The van der Waals surface area contributed by atoms with Gasteiger partial charge in [0.25, 0.3) is 0 Å². The summed E-state index contributed by atoms with van der Waals surface area (Å²) in [5.74, 6) is 7.30. The van der Waals surface area contributed by atoms with E-state index < -0.39 is 0 Å². The van der Waals surface area contributed by atoms with Gasteiger partial charge in [0.15, 0.2) is 11.5 Å². The Hall–Kier alpha value is -2.39. The standard InChI is InChI=1S/C16H21N3O3/c1-3-19(4-2)10-6-5-9-17-16(20)18-13-7-8-14-15(11-13)22-12-21-14/h7-8,11H,3-4,9-10,12H2,1-2H3,(H2,17,18,20). The molecule has 0 unspecified atom stereocenters. The first-order valence-electron chi connectivity index (χ1n) is 7.35. The Morgan fingerprint density at radius 3 is 2.77 bits per heavy atom. The minimum atomic E-state index is -0.295. The van der Waals surface area contributed by atoms with E-state index in [1.54, 1.807) is 18.2 Å². The normalized spacial score (nSPS) is 11.8. The summed E-state index contributed by atoms with van der Waals surface area (Å²) in [6.45, 7) is 7.40. The SMILES string of the molecule is CCN(CC)CC#CCNC(=O)Nc1ccc2c(c1)OCO2. The Morgan fingerprint density at radius 2 is 2.00 bits per heavy atom. The van der Waals surface area contributed by atoms with Gasteiger partial charge in [-0.15, -0.1) is 0 Å². The van der Waals surface area contributed by atoms with E-state index in [0.29, 0.717) is 23.7 Å². The van der Waals surface area contributed by atoms with Gasteiger partial charge in [-0.1, -0.05) is 25.7 Å². The van der Waals surface area contributed by atoms with Gasteiger partial charge < -0.3 is 20.1 Å². The fourth-order valence-corrected chi connectivity index (χ4v) is 1.95. The maximum absolute atomic E-state index is 11.7. The molecule has 6 nitrogen and oxygen atoms in total. The highest BCUT2D eigenvalue weighted by Crippen LogP contribution is 2.34. The number of urea groups is 1. The van der Waals surface area contributed by atoms with Gasteiger partial charge in [-0.25, -0.2) is 4.79 Å². The van der Waals surface area contributed by atoms with Gasteiger partial charge in [0.05, 0.1) is 13.1 Å². The predicted octanol–water partition coefficient (Wildman–Crippen LogP) is 1.88. The van der Waals surface area contributed by atoms with Crippen molar-refractivity contribution in [2.75, 3.05) is 38.3 Å². The van der Waals surface area contributed by atoms with Gasteiger partial charge in [-0.05, 0) is 25.2 Å². The molecule has 0 bridgehead atoms. The molecule has 2 N–H and O–H groups in total. The average Bonchev–Trinajstić information content (AvgIpc) is 2.98.